The molecule has 0 bridgehead atoms. The molecule has 2 fully saturated rings. The molecule has 1 aliphatic carbocycles. The van der Waals surface area contributed by atoms with Crippen LogP contribution in [0, 0.1) is 5.41 Å². The van der Waals surface area contributed by atoms with Crippen LogP contribution >= 0.6 is 0 Å². The van der Waals surface area contributed by atoms with Crippen LogP contribution in [0.2, 0.25) is 0 Å². The highest BCUT2D eigenvalue weighted by Crippen LogP contribution is 2.39. The molecule has 0 aromatic heterocycles. The van der Waals surface area contributed by atoms with Gasteiger partial charge in [-0.15, -0.1) is 0 Å². The second-order valence-corrected chi connectivity index (χ2v) is 7.40. The molecule has 1 aromatic carbocycles. The Kier molecular flexibility index (Phi) is 4.97. The van der Waals surface area contributed by atoms with Gasteiger partial charge in [-0.05, 0) is 56.2 Å². The van der Waals surface area contributed by atoms with Gasteiger partial charge < -0.3 is 10.2 Å². The first-order chi connectivity index (χ1) is 10.2. The number of likely N-dealkylation sites (tertiary alicyclic amines) is 1. The Balaban J connectivity index is 1.33. The summed E-state index contributed by atoms with van der Waals surface area (Å²) in [5, 5.41) is 3.83. The molecule has 1 saturated heterocycles. The Morgan fingerprint density at radius 1 is 1.14 bits per heavy atom. The summed E-state index contributed by atoms with van der Waals surface area (Å²) in [6.07, 6.45) is 8.13. The first-order valence-electron chi connectivity index (χ1n) is 8.73. The lowest BCUT2D eigenvalue weighted by Crippen LogP contribution is -2.47. The minimum atomic E-state index is 0.616. The van der Waals surface area contributed by atoms with Gasteiger partial charge in [-0.3, -0.25) is 0 Å². The van der Waals surface area contributed by atoms with Crippen molar-refractivity contribution in [3.63, 3.8) is 0 Å². The van der Waals surface area contributed by atoms with Gasteiger partial charge in [-0.25, -0.2) is 0 Å². The molecule has 1 aromatic rings. The molecule has 3 rings (SSSR count). The third-order valence-corrected chi connectivity index (χ3v) is 5.53. The summed E-state index contributed by atoms with van der Waals surface area (Å²) in [5.74, 6) is 0. The van der Waals surface area contributed by atoms with Gasteiger partial charge in [0.15, 0.2) is 0 Å². The Morgan fingerprint density at radius 2 is 1.86 bits per heavy atom. The molecule has 2 aliphatic rings. The van der Waals surface area contributed by atoms with E-state index in [1.54, 1.807) is 0 Å². The predicted octanol–water partition coefficient (Wildman–Crippen LogP) is 3.47. The molecular weight excluding hydrogens is 256 g/mol. The Morgan fingerprint density at radius 3 is 2.48 bits per heavy atom. The largest absolute Gasteiger partial charge is 0.313 e. The predicted molar refractivity (Wildman–Crippen MR) is 89.6 cm³/mol. The van der Waals surface area contributed by atoms with Crippen LogP contribution in [0.3, 0.4) is 0 Å². The van der Waals surface area contributed by atoms with Crippen LogP contribution in [0.25, 0.3) is 0 Å². The zero-order valence-corrected chi connectivity index (χ0v) is 13.5. The van der Waals surface area contributed by atoms with E-state index in [1.807, 2.05) is 0 Å². The summed E-state index contributed by atoms with van der Waals surface area (Å²) in [6, 6.07) is 11.6. The standard InChI is InChI=1S/C19H30N2/c1-19(11-5-12-19)16-20-18-9-14-21(15-10-18)13-8-17-6-3-2-4-7-17/h2-4,6-7,18,20H,5,8-16H2,1H3. The van der Waals surface area contributed by atoms with Gasteiger partial charge >= 0.3 is 0 Å². The summed E-state index contributed by atoms with van der Waals surface area (Å²) >= 11 is 0. The van der Waals surface area contributed by atoms with E-state index in [4.69, 9.17) is 0 Å². The summed E-state index contributed by atoms with van der Waals surface area (Å²) in [5.41, 5.74) is 2.08. The quantitative estimate of drug-likeness (QED) is 0.861. The maximum absolute atomic E-state index is 3.83. The fraction of sp³-hybridized carbons (Fsp3) is 0.684. The van der Waals surface area contributed by atoms with Crippen LogP contribution in [-0.2, 0) is 6.42 Å². The van der Waals surface area contributed by atoms with Crippen molar-refractivity contribution < 1.29 is 0 Å². The van der Waals surface area contributed by atoms with E-state index < -0.39 is 0 Å². The summed E-state index contributed by atoms with van der Waals surface area (Å²) in [6.45, 7) is 7.43. The van der Waals surface area contributed by atoms with Crippen LogP contribution in [-0.4, -0.2) is 37.1 Å². The van der Waals surface area contributed by atoms with Crippen LogP contribution in [0.5, 0.6) is 0 Å². The lowest BCUT2D eigenvalue weighted by atomic mass is 9.70. The van der Waals surface area contributed by atoms with Crippen molar-refractivity contribution in [1.82, 2.24) is 10.2 Å². The van der Waals surface area contributed by atoms with E-state index >= 15 is 0 Å². The lowest BCUT2D eigenvalue weighted by Gasteiger charge is -2.41. The van der Waals surface area contributed by atoms with Gasteiger partial charge in [0.1, 0.15) is 0 Å². The monoisotopic (exact) mass is 286 g/mol. The number of hydrogen-bond donors (Lipinski definition) is 1. The van der Waals surface area contributed by atoms with Crippen LogP contribution in [0.4, 0.5) is 0 Å². The van der Waals surface area contributed by atoms with E-state index in [1.165, 1.54) is 70.3 Å². The van der Waals surface area contributed by atoms with Gasteiger partial charge in [0.2, 0.25) is 0 Å². The van der Waals surface area contributed by atoms with E-state index in [2.05, 4.69) is 47.5 Å². The molecule has 21 heavy (non-hydrogen) atoms. The summed E-state index contributed by atoms with van der Waals surface area (Å²) in [4.78, 5) is 2.64. The van der Waals surface area contributed by atoms with Gasteiger partial charge in [0.05, 0.1) is 0 Å². The SMILES string of the molecule is CC1(CNC2CCN(CCc3ccccc3)CC2)CCC1. The average Bonchev–Trinajstić information content (AvgIpc) is 2.51. The minimum absolute atomic E-state index is 0.616. The van der Waals surface area contributed by atoms with Crippen molar-refractivity contribution in [3.05, 3.63) is 35.9 Å². The Labute approximate surface area is 129 Å². The van der Waals surface area contributed by atoms with E-state index in [9.17, 15) is 0 Å². The maximum Gasteiger partial charge on any atom is 0.00916 e. The molecule has 2 heteroatoms. The molecule has 0 unspecified atom stereocenters. The second kappa shape index (κ2) is 6.93. The number of nitrogens with one attached hydrogen (secondary N) is 1. The third-order valence-electron chi connectivity index (χ3n) is 5.53. The smallest absolute Gasteiger partial charge is 0.00916 e. The van der Waals surface area contributed by atoms with Crippen molar-refractivity contribution >= 4 is 0 Å². The summed E-state index contributed by atoms with van der Waals surface area (Å²) < 4.78 is 0. The fourth-order valence-corrected chi connectivity index (χ4v) is 3.64. The normalized spacial score (nSPS) is 22.9. The lowest BCUT2D eigenvalue weighted by molar-refractivity contribution is 0.134. The van der Waals surface area contributed by atoms with Crippen LogP contribution < -0.4 is 5.32 Å². The third kappa shape index (κ3) is 4.31. The maximum atomic E-state index is 3.83. The molecule has 0 amide bonds. The topological polar surface area (TPSA) is 15.3 Å². The van der Waals surface area contributed by atoms with Gasteiger partial charge in [-0.1, -0.05) is 43.7 Å². The molecule has 0 atom stereocenters. The highest BCUT2D eigenvalue weighted by Gasteiger charge is 2.32. The Bertz CT molecular complexity index is 416. The van der Waals surface area contributed by atoms with Crippen LogP contribution in [0.1, 0.15) is 44.6 Å². The second-order valence-electron chi connectivity index (χ2n) is 7.40. The zero-order valence-electron chi connectivity index (χ0n) is 13.5. The molecule has 0 radical (unpaired) electrons. The molecule has 1 heterocycles. The molecule has 0 spiro atoms. The van der Waals surface area contributed by atoms with Crippen molar-refractivity contribution in [1.29, 1.82) is 0 Å². The number of hydrogen-bond acceptors (Lipinski definition) is 2. The van der Waals surface area contributed by atoms with Crippen molar-refractivity contribution in [2.75, 3.05) is 26.2 Å². The minimum Gasteiger partial charge on any atom is -0.313 e. The summed E-state index contributed by atoms with van der Waals surface area (Å²) in [7, 11) is 0. The van der Waals surface area contributed by atoms with Crippen molar-refractivity contribution in [2.45, 2.75) is 51.5 Å². The Hall–Kier alpha value is -0.860. The molecular formula is C19H30N2. The average molecular weight is 286 g/mol. The first kappa shape index (κ1) is 15.1. The number of benzene rings is 1. The number of piperidine rings is 1. The number of nitrogens with zero attached hydrogens (tertiary/aromatic N) is 1. The van der Waals surface area contributed by atoms with Crippen molar-refractivity contribution in [2.24, 2.45) is 5.41 Å². The highest BCUT2D eigenvalue weighted by atomic mass is 15.1. The number of rotatable bonds is 6. The van der Waals surface area contributed by atoms with E-state index in [0.29, 0.717) is 5.41 Å². The molecule has 1 N–H and O–H groups in total. The highest BCUT2D eigenvalue weighted by molar-refractivity contribution is 5.14. The zero-order chi connectivity index (χ0) is 14.5. The van der Waals surface area contributed by atoms with Gasteiger partial charge in [0.25, 0.3) is 0 Å². The molecule has 1 saturated carbocycles. The van der Waals surface area contributed by atoms with Crippen LogP contribution in [0.15, 0.2) is 30.3 Å². The van der Waals surface area contributed by atoms with Crippen molar-refractivity contribution in [3.8, 4) is 0 Å². The van der Waals surface area contributed by atoms with E-state index in [0.717, 1.165) is 6.04 Å². The molecule has 116 valence electrons. The van der Waals surface area contributed by atoms with Gasteiger partial charge in [0, 0.05) is 19.1 Å². The molecule has 2 nitrogen and oxygen atoms in total. The fourth-order valence-electron chi connectivity index (χ4n) is 3.64. The molecule has 1 aliphatic heterocycles. The van der Waals surface area contributed by atoms with E-state index in [-0.39, 0.29) is 0 Å². The van der Waals surface area contributed by atoms with Gasteiger partial charge in [-0.2, -0.15) is 0 Å². The first-order valence-corrected chi connectivity index (χ1v) is 8.73.